The zero-order chi connectivity index (χ0) is 23.3. The molecule has 1 aromatic rings. The number of hydrogen-bond acceptors (Lipinski definition) is 5. The van der Waals surface area contributed by atoms with Crippen LogP contribution < -0.4 is 21.1 Å². The molecule has 1 fully saturated rings. The van der Waals surface area contributed by atoms with Gasteiger partial charge in [-0.2, -0.15) is 8.78 Å². The highest BCUT2D eigenvalue weighted by molar-refractivity contribution is 5.96. The first-order valence-corrected chi connectivity index (χ1v) is 9.91. The van der Waals surface area contributed by atoms with Gasteiger partial charge in [-0.05, 0) is 19.8 Å². The number of rotatable bonds is 10. The fourth-order valence-corrected chi connectivity index (χ4v) is 3.34. The average molecular weight is 484 g/mol. The molecular weight excluding hydrogens is 458 g/mol. The molecule has 1 aliphatic rings. The molecule has 1 aliphatic heterocycles. The van der Waals surface area contributed by atoms with Gasteiger partial charge in [0.25, 0.3) is 0 Å². The number of halogens is 5. The minimum absolute atomic E-state index is 0. The summed E-state index contributed by atoms with van der Waals surface area (Å²) in [5.74, 6) is -11.1. The van der Waals surface area contributed by atoms with E-state index in [1.807, 2.05) is 6.92 Å². The lowest BCUT2D eigenvalue weighted by Crippen LogP contribution is -2.65. The lowest BCUT2D eigenvalue weighted by atomic mass is 9.88. The largest absolute Gasteiger partial charge is 0.476 e. The first-order chi connectivity index (χ1) is 14.5. The van der Waals surface area contributed by atoms with Crippen LogP contribution in [0.3, 0.4) is 0 Å². The standard InChI is InChI=1S/C20H25F4N3O4.ClH/c1-3-4-5-14(28)27-20(25,9-11-6-7-26-19(11)30)18(29)10(2)31-17-15(23)12(21)8-13(22)16(17)24;/h8,10-11H,3-7,9,25H2,1-2H3,(H,26,30)(H,27,28);1H/t10-,11-,20-;/m0./s1. The molecule has 0 unspecified atom stereocenters. The van der Waals surface area contributed by atoms with Gasteiger partial charge in [0.15, 0.2) is 29.2 Å². The van der Waals surface area contributed by atoms with Crippen LogP contribution in [-0.4, -0.2) is 35.9 Å². The number of benzene rings is 1. The van der Waals surface area contributed by atoms with E-state index in [1.54, 1.807) is 0 Å². The van der Waals surface area contributed by atoms with Gasteiger partial charge in [-0.3, -0.25) is 14.4 Å². The zero-order valence-electron chi connectivity index (χ0n) is 17.6. The van der Waals surface area contributed by atoms with Crippen molar-refractivity contribution in [1.29, 1.82) is 0 Å². The number of unbranched alkanes of at least 4 members (excludes halogenated alkanes) is 1. The number of hydrogen-bond donors (Lipinski definition) is 3. The minimum Gasteiger partial charge on any atom is -0.476 e. The Morgan fingerprint density at radius 1 is 1.28 bits per heavy atom. The monoisotopic (exact) mass is 483 g/mol. The van der Waals surface area contributed by atoms with Gasteiger partial charge in [0.05, 0.1) is 0 Å². The van der Waals surface area contributed by atoms with E-state index in [4.69, 9.17) is 10.5 Å². The van der Waals surface area contributed by atoms with Crippen molar-refractivity contribution in [1.82, 2.24) is 10.6 Å². The molecule has 1 aromatic carbocycles. The van der Waals surface area contributed by atoms with Gasteiger partial charge in [-0.1, -0.05) is 13.3 Å². The summed E-state index contributed by atoms with van der Waals surface area (Å²) in [6.45, 7) is 3.29. The fraction of sp³-hybridized carbons (Fsp3) is 0.550. The average Bonchev–Trinajstić information content (AvgIpc) is 3.11. The summed E-state index contributed by atoms with van der Waals surface area (Å²) < 4.78 is 59.6. The van der Waals surface area contributed by atoms with Crippen molar-refractivity contribution < 1.29 is 36.7 Å². The van der Waals surface area contributed by atoms with E-state index in [-0.39, 0.29) is 37.2 Å². The normalized spacial score (nSPS) is 18.2. The quantitative estimate of drug-likeness (QED) is 0.269. The summed E-state index contributed by atoms with van der Waals surface area (Å²) in [5, 5.41) is 4.97. The van der Waals surface area contributed by atoms with Crippen LogP contribution >= 0.6 is 12.4 Å². The molecule has 0 spiro atoms. The van der Waals surface area contributed by atoms with Crippen LogP contribution in [0.2, 0.25) is 0 Å². The van der Waals surface area contributed by atoms with Crippen LogP contribution in [0.4, 0.5) is 17.6 Å². The number of carbonyl (C=O) groups is 3. The molecule has 0 saturated carbocycles. The van der Waals surface area contributed by atoms with E-state index in [2.05, 4.69) is 10.6 Å². The Hall–Kier alpha value is -2.40. The second-order valence-corrected chi connectivity index (χ2v) is 7.53. The van der Waals surface area contributed by atoms with Crippen molar-refractivity contribution in [3.05, 3.63) is 29.3 Å². The van der Waals surface area contributed by atoms with Crippen molar-refractivity contribution in [2.24, 2.45) is 11.7 Å². The van der Waals surface area contributed by atoms with Gasteiger partial charge in [-0.15, -0.1) is 12.4 Å². The van der Waals surface area contributed by atoms with Crippen LogP contribution in [0, 0.1) is 29.2 Å². The summed E-state index contributed by atoms with van der Waals surface area (Å²) in [6, 6.07) is 0.00387. The van der Waals surface area contributed by atoms with Crippen LogP contribution in [-0.2, 0) is 14.4 Å². The maximum Gasteiger partial charge on any atom is 0.223 e. The molecule has 0 bridgehead atoms. The SMILES string of the molecule is CCCCC(=O)N[C@@](N)(C[C@@H]1CCNC1=O)C(=O)[C@H](C)Oc1c(F)c(F)cc(F)c1F.Cl. The molecule has 12 heteroatoms. The first kappa shape index (κ1) is 27.6. The van der Waals surface area contributed by atoms with E-state index in [0.717, 1.165) is 6.92 Å². The minimum atomic E-state index is -2.10. The van der Waals surface area contributed by atoms with Gasteiger partial charge in [-0.25, -0.2) is 8.78 Å². The predicted molar refractivity (Wildman–Crippen MR) is 109 cm³/mol. The van der Waals surface area contributed by atoms with Crippen molar-refractivity contribution >= 4 is 30.0 Å². The molecule has 1 heterocycles. The van der Waals surface area contributed by atoms with Crippen molar-refractivity contribution in [2.75, 3.05) is 6.54 Å². The molecule has 32 heavy (non-hydrogen) atoms. The third-order valence-corrected chi connectivity index (χ3v) is 5.03. The van der Waals surface area contributed by atoms with Crippen LogP contribution in [0.1, 0.15) is 46.0 Å². The molecule has 0 aromatic heterocycles. The number of ether oxygens (including phenoxy) is 1. The van der Waals surface area contributed by atoms with Gasteiger partial charge < -0.3 is 21.1 Å². The Morgan fingerprint density at radius 2 is 1.88 bits per heavy atom. The molecule has 180 valence electrons. The van der Waals surface area contributed by atoms with Gasteiger partial charge in [0.1, 0.15) is 0 Å². The van der Waals surface area contributed by atoms with E-state index in [1.165, 1.54) is 0 Å². The number of nitrogens with two attached hydrogens (primary N) is 1. The summed E-state index contributed by atoms with van der Waals surface area (Å²) in [6.07, 6.45) is -0.341. The molecule has 2 amide bonds. The third-order valence-electron chi connectivity index (χ3n) is 5.03. The Kier molecular flexibility index (Phi) is 9.90. The van der Waals surface area contributed by atoms with Crippen molar-refractivity contribution in [2.45, 2.75) is 57.7 Å². The number of ketones is 1. The Labute approximate surface area is 188 Å². The van der Waals surface area contributed by atoms with Gasteiger partial charge in [0, 0.05) is 31.4 Å². The highest BCUT2D eigenvalue weighted by Gasteiger charge is 2.44. The van der Waals surface area contributed by atoms with E-state index in [0.29, 0.717) is 25.8 Å². The Morgan fingerprint density at radius 3 is 2.38 bits per heavy atom. The lowest BCUT2D eigenvalue weighted by Gasteiger charge is -2.33. The number of nitrogens with one attached hydrogen (secondary N) is 2. The predicted octanol–water partition coefficient (Wildman–Crippen LogP) is 2.49. The van der Waals surface area contributed by atoms with E-state index in [9.17, 15) is 31.9 Å². The summed E-state index contributed by atoms with van der Waals surface area (Å²) in [5.41, 5.74) is 4.07. The second-order valence-electron chi connectivity index (χ2n) is 7.53. The number of Topliss-reactive ketones (excluding diaryl/α,β-unsaturated/α-hetero) is 1. The van der Waals surface area contributed by atoms with E-state index < -0.39 is 58.4 Å². The third kappa shape index (κ3) is 6.32. The van der Waals surface area contributed by atoms with Gasteiger partial charge >= 0.3 is 0 Å². The Bertz CT molecular complexity index is 847. The number of amides is 2. The topological polar surface area (TPSA) is 111 Å². The highest BCUT2D eigenvalue weighted by Crippen LogP contribution is 2.29. The molecule has 1 saturated heterocycles. The zero-order valence-corrected chi connectivity index (χ0v) is 18.4. The summed E-state index contributed by atoms with van der Waals surface area (Å²) in [4.78, 5) is 37.2. The molecule has 0 aliphatic carbocycles. The maximum atomic E-state index is 13.9. The maximum absolute atomic E-state index is 13.9. The summed E-state index contributed by atoms with van der Waals surface area (Å²) in [7, 11) is 0. The molecular formula is C20H26ClF4N3O4. The lowest BCUT2D eigenvalue weighted by molar-refractivity contribution is -0.138. The second kappa shape index (κ2) is 11.5. The van der Waals surface area contributed by atoms with Gasteiger partial charge in [0.2, 0.25) is 29.2 Å². The van der Waals surface area contributed by atoms with Crippen molar-refractivity contribution in [3.8, 4) is 5.75 Å². The van der Waals surface area contributed by atoms with Crippen molar-refractivity contribution in [3.63, 3.8) is 0 Å². The molecule has 2 rings (SSSR count). The molecule has 7 nitrogen and oxygen atoms in total. The van der Waals surface area contributed by atoms with Crippen LogP contribution in [0.5, 0.6) is 5.75 Å². The summed E-state index contributed by atoms with van der Waals surface area (Å²) >= 11 is 0. The van der Waals surface area contributed by atoms with Crippen LogP contribution in [0.15, 0.2) is 6.07 Å². The number of carbonyl (C=O) groups excluding carboxylic acids is 3. The fourth-order valence-electron chi connectivity index (χ4n) is 3.34. The smallest absolute Gasteiger partial charge is 0.223 e. The molecule has 4 N–H and O–H groups in total. The molecule has 0 radical (unpaired) electrons. The Balaban J connectivity index is 0.00000512. The van der Waals surface area contributed by atoms with E-state index >= 15 is 0 Å². The first-order valence-electron chi connectivity index (χ1n) is 9.91. The van der Waals surface area contributed by atoms with Crippen LogP contribution in [0.25, 0.3) is 0 Å². The molecule has 3 atom stereocenters. The highest BCUT2D eigenvalue weighted by atomic mass is 35.5.